The highest BCUT2D eigenvalue weighted by molar-refractivity contribution is 6.31. The molecular formula is C17H23ClN4O. The van der Waals surface area contributed by atoms with Crippen molar-refractivity contribution in [2.45, 2.75) is 32.4 Å². The van der Waals surface area contributed by atoms with Gasteiger partial charge in [-0.1, -0.05) is 11.6 Å². The molecule has 3 heterocycles. The van der Waals surface area contributed by atoms with E-state index < -0.39 is 0 Å². The molecule has 0 radical (unpaired) electrons. The van der Waals surface area contributed by atoms with Gasteiger partial charge in [0.25, 0.3) is 0 Å². The minimum absolute atomic E-state index is 0.193. The first-order chi connectivity index (χ1) is 11.1. The van der Waals surface area contributed by atoms with E-state index in [4.69, 9.17) is 11.6 Å². The second-order valence-corrected chi connectivity index (χ2v) is 6.96. The van der Waals surface area contributed by atoms with Gasteiger partial charge in [-0.2, -0.15) is 5.10 Å². The van der Waals surface area contributed by atoms with Crippen molar-refractivity contribution < 1.29 is 5.11 Å². The Labute approximate surface area is 141 Å². The van der Waals surface area contributed by atoms with Gasteiger partial charge in [0.05, 0.1) is 11.2 Å². The number of halogens is 1. The van der Waals surface area contributed by atoms with Crippen LogP contribution in [0.4, 0.5) is 0 Å². The van der Waals surface area contributed by atoms with Crippen molar-refractivity contribution in [3.8, 4) is 0 Å². The van der Waals surface area contributed by atoms with Crippen LogP contribution in [0.3, 0.4) is 0 Å². The zero-order valence-corrected chi connectivity index (χ0v) is 14.3. The Morgan fingerprint density at radius 3 is 2.83 bits per heavy atom. The Balaban J connectivity index is 1.73. The largest absolute Gasteiger partial charge is 0.396 e. The summed E-state index contributed by atoms with van der Waals surface area (Å²) in [6, 6.07) is 2.31. The Hall–Kier alpha value is -1.43. The van der Waals surface area contributed by atoms with Crippen LogP contribution in [-0.2, 0) is 6.54 Å². The molecule has 23 heavy (non-hydrogen) atoms. The predicted molar refractivity (Wildman–Crippen MR) is 90.5 cm³/mol. The number of hydrogen-bond acceptors (Lipinski definition) is 4. The van der Waals surface area contributed by atoms with Crippen molar-refractivity contribution in [1.82, 2.24) is 19.7 Å². The Bertz CT molecular complexity index is 658. The van der Waals surface area contributed by atoms with Crippen LogP contribution in [0.25, 0.3) is 0 Å². The summed E-state index contributed by atoms with van der Waals surface area (Å²) >= 11 is 6.21. The summed E-state index contributed by atoms with van der Waals surface area (Å²) in [5, 5.41) is 14.9. The standard InChI is InChI=1S/C17H23ClN4O/c1-12(2)22-9-14(5-20-22)16-10-21(8-15(16)11-23)7-13-3-4-19-6-17(13)18/h3-6,9,12,15-16,23H,7-8,10-11H2,1-2H3/t15-,16-/m0/s1. The van der Waals surface area contributed by atoms with E-state index in [1.54, 1.807) is 12.4 Å². The van der Waals surface area contributed by atoms with E-state index in [1.807, 2.05) is 16.9 Å². The molecule has 124 valence electrons. The molecule has 1 saturated heterocycles. The normalized spacial score (nSPS) is 22.1. The molecule has 0 saturated carbocycles. The number of nitrogens with zero attached hydrogens (tertiary/aromatic N) is 4. The van der Waals surface area contributed by atoms with E-state index in [0.717, 1.165) is 25.2 Å². The summed E-state index contributed by atoms with van der Waals surface area (Å²) in [6.45, 7) is 6.99. The van der Waals surface area contributed by atoms with Gasteiger partial charge in [0.1, 0.15) is 0 Å². The number of aliphatic hydroxyl groups is 1. The highest BCUT2D eigenvalue weighted by Gasteiger charge is 2.34. The van der Waals surface area contributed by atoms with Crippen LogP contribution in [0.15, 0.2) is 30.9 Å². The van der Waals surface area contributed by atoms with Gasteiger partial charge in [-0.3, -0.25) is 14.6 Å². The molecule has 1 N–H and O–H groups in total. The summed E-state index contributed by atoms with van der Waals surface area (Å²) in [5.74, 6) is 0.550. The SMILES string of the molecule is CC(C)n1cc([C@@H]2CN(Cc3ccncc3Cl)C[C@H]2CO)cn1. The van der Waals surface area contributed by atoms with Gasteiger partial charge in [-0.05, 0) is 31.0 Å². The fourth-order valence-corrected chi connectivity index (χ4v) is 3.43. The first-order valence-electron chi connectivity index (χ1n) is 8.04. The molecule has 2 atom stereocenters. The van der Waals surface area contributed by atoms with Gasteiger partial charge in [-0.25, -0.2) is 0 Å². The Kier molecular flexibility index (Phi) is 4.99. The fraction of sp³-hybridized carbons (Fsp3) is 0.529. The topological polar surface area (TPSA) is 54.2 Å². The van der Waals surface area contributed by atoms with E-state index >= 15 is 0 Å². The maximum Gasteiger partial charge on any atom is 0.0634 e. The molecule has 5 nitrogen and oxygen atoms in total. The van der Waals surface area contributed by atoms with E-state index in [-0.39, 0.29) is 12.5 Å². The molecular weight excluding hydrogens is 312 g/mol. The first kappa shape index (κ1) is 16.4. The molecule has 3 rings (SSSR count). The third-order valence-electron chi connectivity index (χ3n) is 4.58. The minimum Gasteiger partial charge on any atom is -0.396 e. The highest BCUT2D eigenvalue weighted by Crippen LogP contribution is 2.33. The van der Waals surface area contributed by atoms with Crippen molar-refractivity contribution in [3.63, 3.8) is 0 Å². The van der Waals surface area contributed by atoms with Crippen molar-refractivity contribution in [3.05, 3.63) is 47.0 Å². The van der Waals surface area contributed by atoms with E-state index in [1.165, 1.54) is 5.56 Å². The third-order valence-corrected chi connectivity index (χ3v) is 4.92. The summed E-state index contributed by atoms with van der Waals surface area (Å²) in [5.41, 5.74) is 2.29. The molecule has 6 heteroatoms. The molecule has 0 amide bonds. The van der Waals surface area contributed by atoms with Gasteiger partial charge >= 0.3 is 0 Å². The average Bonchev–Trinajstić information content (AvgIpc) is 3.16. The molecule has 1 aliphatic heterocycles. The zero-order valence-electron chi connectivity index (χ0n) is 13.6. The Morgan fingerprint density at radius 1 is 1.35 bits per heavy atom. The predicted octanol–water partition coefficient (Wildman–Crippen LogP) is 2.72. The van der Waals surface area contributed by atoms with Gasteiger partial charge in [0, 0.05) is 62.7 Å². The number of rotatable bonds is 5. The van der Waals surface area contributed by atoms with Gasteiger partial charge in [-0.15, -0.1) is 0 Å². The van der Waals surface area contributed by atoms with Crippen LogP contribution in [0, 0.1) is 5.92 Å². The fourth-order valence-electron chi connectivity index (χ4n) is 3.25. The summed E-state index contributed by atoms with van der Waals surface area (Å²) in [7, 11) is 0. The first-order valence-corrected chi connectivity index (χ1v) is 8.42. The lowest BCUT2D eigenvalue weighted by Crippen LogP contribution is -2.21. The molecule has 0 aliphatic carbocycles. The lowest BCUT2D eigenvalue weighted by molar-refractivity contribution is 0.214. The monoisotopic (exact) mass is 334 g/mol. The van der Waals surface area contributed by atoms with Crippen LogP contribution in [0.1, 0.15) is 36.9 Å². The molecule has 0 bridgehead atoms. The van der Waals surface area contributed by atoms with Crippen molar-refractivity contribution in [2.24, 2.45) is 5.92 Å². The molecule has 1 aliphatic rings. The van der Waals surface area contributed by atoms with Crippen molar-refractivity contribution in [2.75, 3.05) is 19.7 Å². The summed E-state index contributed by atoms with van der Waals surface area (Å²) in [6.07, 6.45) is 7.50. The summed E-state index contributed by atoms with van der Waals surface area (Å²) < 4.78 is 1.98. The van der Waals surface area contributed by atoms with E-state index in [9.17, 15) is 5.11 Å². The minimum atomic E-state index is 0.193. The van der Waals surface area contributed by atoms with Crippen LogP contribution in [0.2, 0.25) is 5.02 Å². The van der Waals surface area contributed by atoms with Crippen LogP contribution < -0.4 is 0 Å². The Morgan fingerprint density at radius 2 is 2.17 bits per heavy atom. The molecule has 2 aromatic heterocycles. The van der Waals surface area contributed by atoms with Crippen LogP contribution in [0.5, 0.6) is 0 Å². The molecule has 0 spiro atoms. The third kappa shape index (κ3) is 3.57. The maximum absolute atomic E-state index is 9.76. The molecule has 1 fully saturated rings. The van der Waals surface area contributed by atoms with Gasteiger partial charge in [0.15, 0.2) is 0 Å². The number of likely N-dealkylation sites (tertiary alicyclic amines) is 1. The number of hydrogen-bond donors (Lipinski definition) is 1. The lowest BCUT2D eigenvalue weighted by Gasteiger charge is -2.16. The van der Waals surface area contributed by atoms with Crippen LogP contribution in [-0.4, -0.2) is 44.5 Å². The van der Waals surface area contributed by atoms with Gasteiger partial charge < -0.3 is 5.11 Å². The molecule has 2 aromatic rings. The molecule has 0 aromatic carbocycles. The van der Waals surface area contributed by atoms with E-state index in [2.05, 4.69) is 35.0 Å². The molecule has 0 unspecified atom stereocenters. The zero-order chi connectivity index (χ0) is 16.4. The second-order valence-electron chi connectivity index (χ2n) is 6.56. The van der Waals surface area contributed by atoms with Crippen molar-refractivity contribution >= 4 is 11.6 Å². The number of pyridine rings is 1. The second kappa shape index (κ2) is 6.99. The number of aromatic nitrogens is 3. The summed E-state index contributed by atoms with van der Waals surface area (Å²) in [4.78, 5) is 6.38. The number of aliphatic hydroxyl groups excluding tert-OH is 1. The quantitative estimate of drug-likeness (QED) is 0.913. The van der Waals surface area contributed by atoms with E-state index in [0.29, 0.717) is 17.0 Å². The van der Waals surface area contributed by atoms with Gasteiger partial charge in [0.2, 0.25) is 0 Å². The average molecular weight is 335 g/mol. The lowest BCUT2D eigenvalue weighted by atomic mass is 9.92. The maximum atomic E-state index is 9.76. The van der Waals surface area contributed by atoms with Crippen LogP contribution >= 0.6 is 11.6 Å². The smallest absolute Gasteiger partial charge is 0.0634 e. The van der Waals surface area contributed by atoms with Crippen molar-refractivity contribution in [1.29, 1.82) is 0 Å². The highest BCUT2D eigenvalue weighted by atomic mass is 35.5.